The second kappa shape index (κ2) is 12.6. The number of aryl methyl sites for hydroxylation is 1. The lowest BCUT2D eigenvalue weighted by atomic mass is 10.1. The third-order valence-corrected chi connectivity index (χ3v) is 8.82. The normalized spacial score (nSPS) is 11.8. The molecule has 0 unspecified atom stereocenters. The first-order chi connectivity index (χ1) is 18.7. The van der Waals surface area contributed by atoms with Gasteiger partial charge in [-0.15, -0.1) is 0 Å². The van der Waals surface area contributed by atoms with Gasteiger partial charge in [0, 0.05) is 29.2 Å². The van der Waals surface area contributed by atoms with E-state index < -0.39 is 15.9 Å². The molecule has 39 heavy (non-hydrogen) atoms. The highest BCUT2D eigenvalue weighted by Crippen LogP contribution is 2.27. The fourth-order valence-corrected chi connectivity index (χ4v) is 5.94. The standard InChI is InChI=1S/C29H28Cl2N4O3S/c1-21-17-24(22(2)35(21)25-13-14-27(30)28(31)18-25)19-32-33-29(36)20-34(16-15-23-9-5-3-6-10-23)39(37,38)26-11-7-4-8-12-26/h3-14,17-19H,15-16,20H2,1-2H3,(H,33,36)/b32-19+. The van der Waals surface area contributed by atoms with Crippen molar-refractivity contribution in [2.75, 3.05) is 13.1 Å². The van der Waals surface area contributed by atoms with Crippen LogP contribution in [0.4, 0.5) is 0 Å². The van der Waals surface area contributed by atoms with Gasteiger partial charge in [0.05, 0.1) is 27.7 Å². The first kappa shape index (κ1) is 28.6. The number of hydrazone groups is 1. The van der Waals surface area contributed by atoms with Crippen molar-refractivity contribution in [1.29, 1.82) is 0 Å². The molecule has 0 radical (unpaired) electrons. The Hall–Kier alpha value is -3.43. The van der Waals surface area contributed by atoms with E-state index in [1.807, 2.05) is 60.9 Å². The highest BCUT2D eigenvalue weighted by atomic mass is 35.5. The van der Waals surface area contributed by atoms with Crippen LogP contribution in [0.2, 0.25) is 10.0 Å². The van der Waals surface area contributed by atoms with Crippen LogP contribution in [0.3, 0.4) is 0 Å². The zero-order valence-electron chi connectivity index (χ0n) is 21.5. The molecule has 202 valence electrons. The van der Waals surface area contributed by atoms with Crippen molar-refractivity contribution in [3.05, 3.63) is 117 Å². The molecule has 10 heteroatoms. The van der Waals surface area contributed by atoms with Crippen molar-refractivity contribution < 1.29 is 13.2 Å². The lowest BCUT2D eigenvalue weighted by Gasteiger charge is -2.21. The molecule has 1 amide bonds. The van der Waals surface area contributed by atoms with Gasteiger partial charge < -0.3 is 4.57 Å². The van der Waals surface area contributed by atoms with Crippen molar-refractivity contribution in [3.8, 4) is 5.69 Å². The monoisotopic (exact) mass is 582 g/mol. The molecule has 0 atom stereocenters. The first-order valence-electron chi connectivity index (χ1n) is 12.2. The van der Waals surface area contributed by atoms with Gasteiger partial charge in [0.1, 0.15) is 0 Å². The lowest BCUT2D eigenvalue weighted by Crippen LogP contribution is -2.40. The predicted molar refractivity (Wildman–Crippen MR) is 156 cm³/mol. The Balaban J connectivity index is 1.48. The molecule has 7 nitrogen and oxygen atoms in total. The fraction of sp³-hybridized carbons (Fsp3) is 0.172. The van der Waals surface area contributed by atoms with E-state index in [1.165, 1.54) is 22.7 Å². The molecule has 0 spiro atoms. The molecule has 1 heterocycles. The van der Waals surface area contributed by atoms with Gasteiger partial charge in [-0.25, -0.2) is 13.8 Å². The van der Waals surface area contributed by atoms with E-state index in [9.17, 15) is 13.2 Å². The summed E-state index contributed by atoms with van der Waals surface area (Å²) in [5, 5.41) is 5.02. The van der Waals surface area contributed by atoms with Crippen LogP contribution < -0.4 is 5.43 Å². The summed E-state index contributed by atoms with van der Waals surface area (Å²) in [4.78, 5) is 12.9. The summed E-state index contributed by atoms with van der Waals surface area (Å²) in [5.41, 5.74) is 6.92. The molecule has 4 rings (SSSR count). The molecule has 0 aliphatic carbocycles. The maximum Gasteiger partial charge on any atom is 0.255 e. The summed E-state index contributed by atoms with van der Waals surface area (Å²) < 4.78 is 29.9. The van der Waals surface area contributed by atoms with Gasteiger partial charge in [-0.05, 0) is 62.2 Å². The Labute approximate surface area is 238 Å². The Morgan fingerprint density at radius 1 is 0.949 bits per heavy atom. The minimum absolute atomic E-state index is 0.129. The number of carbonyl (C=O) groups is 1. The first-order valence-corrected chi connectivity index (χ1v) is 14.4. The van der Waals surface area contributed by atoms with Gasteiger partial charge in [-0.1, -0.05) is 71.7 Å². The van der Waals surface area contributed by atoms with E-state index in [1.54, 1.807) is 30.3 Å². The number of halogens is 2. The molecule has 0 saturated heterocycles. The number of nitrogens with one attached hydrogen (secondary N) is 1. The summed E-state index contributed by atoms with van der Waals surface area (Å²) in [6.45, 7) is 3.65. The van der Waals surface area contributed by atoms with Crippen LogP contribution in [0, 0.1) is 13.8 Å². The van der Waals surface area contributed by atoms with Gasteiger partial charge in [-0.2, -0.15) is 9.41 Å². The zero-order valence-corrected chi connectivity index (χ0v) is 23.8. The Morgan fingerprint density at radius 2 is 1.62 bits per heavy atom. The van der Waals surface area contributed by atoms with Crippen molar-refractivity contribution in [3.63, 3.8) is 0 Å². The second-order valence-electron chi connectivity index (χ2n) is 8.94. The summed E-state index contributed by atoms with van der Waals surface area (Å²) in [6, 6.07) is 24.9. The van der Waals surface area contributed by atoms with Gasteiger partial charge in [0.2, 0.25) is 10.0 Å². The van der Waals surface area contributed by atoms with Gasteiger partial charge >= 0.3 is 0 Å². The number of sulfonamides is 1. The Bertz CT molecular complexity index is 1590. The smallest absolute Gasteiger partial charge is 0.255 e. The number of nitrogens with zero attached hydrogens (tertiary/aromatic N) is 3. The molecular weight excluding hydrogens is 555 g/mol. The largest absolute Gasteiger partial charge is 0.318 e. The van der Waals surface area contributed by atoms with Gasteiger partial charge in [0.25, 0.3) is 5.91 Å². The average molecular weight is 584 g/mol. The quantitative estimate of drug-likeness (QED) is 0.190. The van der Waals surface area contributed by atoms with Gasteiger partial charge in [-0.3, -0.25) is 4.79 Å². The van der Waals surface area contributed by atoms with E-state index in [2.05, 4.69) is 10.5 Å². The Kier molecular flexibility index (Phi) is 9.24. The topological polar surface area (TPSA) is 83.8 Å². The van der Waals surface area contributed by atoms with Gasteiger partial charge in [0.15, 0.2) is 0 Å². The van der Waals surface area contributed by atoms with Crippen molar-refractivity contribution >= 4 is 45.3 Å². The van der Waals surface area contributed by atoms with Crippen LogP contribution in [0.5, 0.6) is 0 Å². The van der Waals surface area contributed by atoms with Crippen molar-refractivity contribution in [1.82, 2.24) is 14.3 Å². The third-order valence-electron chi connectivity index (χ3n) is 6.22. The second-order valence-corrected chi connectivity index (χ2v) is 11.7. The minimum Gasteiger partial charge on any atom is -0.318 e. The molecule has 1 aromatic heterocycles. The molecule has 0 saturated carbocycles. The summed E-state index contributed by atoms with van der Waals surface area (Å²) >= 11 is 12.3. The molecule has 0 bridgehead atoms. The number of aromatic nitrogens is 1. The summed E-state index contributed by atoms with van der Waals surface area (Å²) in [7, 11) is -3.89. The van der Waals surface area contributed by atoms with Crippen LogP contribution in [-0.2, 0) is 21.2 Å². The molecule has 0 aliphatic heterocycles. The fourth-order valence-electron chi connectivity index (χ4n) is 4.23. The van der Waals surface area contributed by atoms with Crippen molar-refractivity contribution in [2.45, 2.75) is 25.2 Å². The molecule has 4 aromatic rings. The number of carbonyl (C=O) groups excluding carboxylic acids is 1. The van der Waals surface area contributed by atoms with E-state index in [4.69, 9.17) is 23.2 Å². The SMILES string of the molecule is Cc1cc(/C=N/NC(=O)CN(CCc2ccccc2)S(=O)(=O)c2ccccc2)c(C)n1-c1ccc(Cl)c(Cl)c1. The molecule has 0 aliphatic rings. The highest BCUT2D eigenvalue weighted by molar-refractivity contribution is 7.89. The lowest BCUT2D eigenvalue weighted by molar-refractivity contribution is -0.121. The molecule has 1 N–H and O–H groups in total. The number of benzene rings is 3. The van der Waals surface area contributed by atoms with E-state index in [0.717, 1.165) is 28.2 Å². The third kappa shape index (κ3) is 6.96. The number of hydrogen-bond acceptors (Lipinski definition) is 4. The minimum atomic E-state index is -3.89. The van der Waals surface area contributed by atoms with Crippen molar-refractivity contribution in [2.24, 2.45) is 5.10 Å². The number of amides is 1. The van der Waals surface area contributed by atoms with Crippen LogP contribution in [-0.4, -0.2) is 42.5 Å². The van der Waals surface area contributed by atoms with Crippen LogP contribution in [0.25, 0.3) is 5.69 Å². The number of rotatable bonds is 10. The van der Waals surface area contributed by atoms with Crippen LogP contribution >= 0.6 is 23.2 Å². The highest BCUT2D eigenvalue weighted by Gasteiger charge is 2.26. The zero-order chi connectivity index (χ0) is 28.0. The molecule has 0 fully saturated rings. The number of hydrogen-bond donors (Lipinski definition) is 1. The maximum absolute atomic E-state index is 13.3. The van der Waals surface area contributed by atoms with E-state index in [0.29, 0.717) is 16.5 Å². The average Bonchev–Trinajstić information content (AvgIpc) is 3.21. The van der Waals surface area contributed by atoms with Crippen LogP contribution in [0.15, 0.2) is 94.9 Å². The summed E-state index contributed by atoms with van der Waals surface area (Å²) in [6.07, 6.45) is 2.00. The summed E-state index contributed by atoms with van der Waals surface area (Å²) in [5.74, 6) is -0.544. The predicted octanol–water partition coefficient (Wildman–Crippen LogP) is 5.78. The molecular formula is C29H28Cl2N4O3S. The maximum atomic E-state index is 13.3. The van der Waals surface area contributed by atoms with Crippen LogP contribution in [0.1, 0.15) is 22.5 Å². The molecule has 3 aromatic carbocycles. The van der Waals surface area contributed by atoms with E-state index >= 15 is 0 Å². The Morgan fingerprint density at radius 3 is 2.28 bits per heavy atom. The van der Waals surface area contributed by atoms with E-state index in [-0.39, 0.29) is 18.0 Å².